The zero-order valence-corrected chi connectivity index (χ0v) is 16.2. The lowest BCUT2D eigenvalue weighted by atomic mass is 10.0. The van der Waals surface area contributed by atoms with Crippen molar-refractivity contribution < 1.29 is 18.3 Å². The summed E-state index contributed by atoms with van der Waals surface area (Å²) in [6, 6.07) is 10.6. The second-order valence-electron chi connectivity index (χ2n) is 6.32. The van der Waals surface area contributed by atoms with Gasteiger partial charge in [-0.2, -0.15) is 0 Å². The van der Waals surface area contributed by atoms with Crippen LogP contribution in [-0.4, -0.2) is 42.0 Å². The molecule has 0 saturated heterocycles. The van der Waals surface area contributed by atoms with Crippen LogP contribution in [0.4, 0.5) is 0 Å². The van der Waals surface area contributed by atoms with Crippen molar-refractivity contribution in [1.29, 1.82) is 0 Å². The van der Waals surface area contributed by atoms with Gasteiger partial charge in [0.1, 0.15) is 0 Å². The molecule has 0 bridgehead atoms. The average molecular weight is 399 g/mol. The third-order valence-electron chi connectivity index (χ3n) is 4.48. The van der Waals surface area contributed by atoms with Crippen molar-refractivity contribution in [3.8, 4) is 0 Å². The van der Waals surface area contributed by atoms with E-state index in [1.165, 1.54) is 3.97 Å². The van der Waals surface area contributed by atoms with E-state index in [0.29, 0.717) is 10.4 Å². The first kappa shape index (κ1) is 19.8. The summed E-state index contributed by atoms with van der Waals surface area (Å²) in [5, 5.41) is 10.2. The van der Waals surface area contributed by atoms with E-state index in [2.05, 4.69) is 16.4 Å². The highest BCUT2D eigenvalue weighted by molar-refractivity contribution is 7.90. The van der Waals surface area contributed by atoms with Gasteiger partial charge in [-0.1, -0.05) is 18.2 Å². The van der Waals surface area contributed by atoms with Crippen molar-refractivity contribution in [2.24, 2.45) is 0 Å². The number of nitrogens with one attached hydrogen (secondary N) is 1. The monoisotopic (exact) mass is 399 g/mol. The molecule has 1 aliphatic heterocycles. The lowest BCUT2D eigenvalue weighted by Crippen LogP contribution is -2.20. The maximum absolute atomic E-state index is 13.2. The largest absolute Gasteiger partial charge is 0.483 e. The second-order valence-corrected chi connectivity index (χ2v) is 8.14. The predicted molar refractivity (Wildman–Crippen MR) is 108 cm³/mol. The van der Waals surface area contributed by atoms with Gasteiger partial charge in [0, 0.05) is 24.5 Å². The van der Waals surface area contributed by atoms with Gasteiger partial charge in [-0.3, -0.25) is 9.78 Å². The minimum Gasteiger partial charge on any atom is -0.483 e. The summed E-state index contributed by atoms with van der Waals surface area (Å²) in [6.45, 7) is 3.31. The van der Waals surface area contributed by atoms with Crippen molar-refractivity contribution in [2.75, 3.05) is 13.1 Å². The van der Waals surface area contributed by atoms with E-state index in [0.717, 1.165) is 41.7 Å². The quantitative estimate of drug-likeness (QED) is 0.657. The van der Waals surface area contributed by atoms with Crippen molar-refractivity contribution in [1.82, 2.24) is 14.3 Å². The Morgan fingerprint density at radius 1 is 1.25 bits per heavy atom. The topological polar surface area (TPSA) is 101 Å². The SMILES string of the molecule is Cc1cccc(S(=O)(=O)n2cc(C3=CCNCC3)c3ncccc32)c1.O=CO. The van der Waals surface area contributed by atoms with Crippen LogP contribution in [0.1, 0.15) is 17.5 Å². The summed E-state index contributed by atoms with van der Waals surface area (Å²) in [5.74, 6) is 0. The van der Waals surface area contributed by atoms with Crippen LogP contribution in [0.25, 0.3) is 16.6 Å². The third kappa shape index (κ3) is 3.83. The van der Waals surface area contributed by atoms with Crippen LogP contribution in [0.3, 0.4) is 0 Å². The summed E-state index contributed by atoms with van der Waals surface area (Å²) in [5.41, 5.74) is 4.29. The molecule has 3 heterocycles. The molecule has 7 nitrogen and oxygen atoms in total. The number of aryl methyl sites for hydroxylation is 1. The molecule has 4 rings (SSSR count). The molecule has 1 aliphatic rings. The summed E-state index contributed by atoms with van der Waals surface area (Å²) in [4.78, 5) is 13.1. The van der Waals surface area contributed by atoms with Gasteiger partial charge < -0.3 is 10.4 Å². The molecule has 146 valence electrons. The number of aromatic nitrogens is 2. The number of carbonyl (C=O) groups is 1. The van der Waals surface area contributed by atoms with Crippen molar-refractivity contribution in [2.45, 2.75) is 18.2 Å². The Hall–Kier alpha value is -2.97. The Balaban J connectivity index is 0.000000706. The van der Waals surface area contributed by atoms with Crippen LogP contribution in [0.15, 0.2) is 59.8 Å². The summed E-state index contributed by atoms with van der Waals surface area (Å²) < 4.78 is 27.8. The Bertz CT molecular complexity index is 1130. The minimum atomic E-state index is -3.67. The minimum absolute atomic E-state index is 0.250. The average Bonchev–Trinajstić information content (AvgIpc) is 3.10. The fraction of sp³-hybridized carbons (Fsp3) is 0.200. The summed E-state index contributed by atoms with van der Waals surface area (Å²) >= 11 is 0. The highest BCUT2D eigenvalue weighted by atomic mass is 32.2. The zero-order chi connectivity index (χ0) is 20.1. The first-order chi connectivity index (χ1) is 13.5. The van der Waals surface area contributed by atoms with Gasteiger partial charge in [0.2, 0.25) is 0 Å². The zero-order valence-electron chi connectivity index (χ0n) is 15.4. The first-order valence-electron chi connectivity index (χ1n) is 8.75. The molecule has 2 N–H and O–H groups in total. The lowest BCUT2D eigenvalue weighted by molar-refractivity contribution is -0.122. The second kappa shape index (κ2) is 8.37. The third-order valence-corrected chi connectivity index (χ3v) is 6.15. The summed E-state index contributed by atoms with van der Waals surface area (Å²) in [7, 11) is -3.67. The fourth-order valence-corrected chi connectivity index (χ4v) is 4.68. The van der Waals surface area contributed by atoms with E-state index in [1.54, 1.807) is 42.7 Å². The summed E-state index contributed by atoms with van der Waals surface area (Å²) in [6.07, 6.45) is 6.39. The highest BCUT2D eigenvalue weighted by Gasteiger charge is 2.23. The van der Waals surface area contributed by atoms with Gasteiger partial charge in [0.25, 0.3) is 16.5 Å². The smallest absolute Gasteiger partial charge is 0.290 e. The van der Waals surface area contributed by atoms with E-state index >= 15 is 0 Å². The van der Waals surface area contributed by atoms with Crippen LogP contribution in [0.2, 0.25) is 0 Å². The molecular formula is C20H21N3O4S. The predicted octanol–water partition coefficient (Wildman–Crippen LogP) is 2.66. The molecule has 28 heavy (non-hydrogen) atoms. The Morgan fingerprint density at radius 3 is 2.71 bits per heavy atom. The molecule has 0 spiro atoms. The van der Waals surface area contributed by atoms with Crippen LogP contribution < -0.4 is 5.32 Å². The molecule has 0 unspecified atom stereocenters. The van der Waals surface area contributed by atoms with Crippen LogP contribution >= 0.6 is 0 Å². The maximum atomic E-state index is 13.2. The lowest BCUT2D eigenvalue weighted by Gasteiger charge is -2.12. The highest BCUT2D eigenvalue weighted by Crippen LogP contribution is 2.31. The van der Waals surface area contributed by atoms with Crippen LogP contribution in [0.5, 0.6) is 0 Å². The van der Waals surface area contributed by atoms with Gasteiger partial charge in [0.15, 0.2) is 0 Å². The van der Waals surface area contributed by atoms with E-state index < -0.39 is 10.0 Å². The van der Waals surface area contributed by atoms with Gasteiger partial charge in [0.05, 0.1) is 15.9 Å². The molecule has 0 aliphatic carbocycles. The molecule has 3 aromatic rings. The number of hydrogen-bond donors (Lipinski definition) is 2. The molecule has 0 saturated carbocycles. The molecule has 8 heteroatoms. The molecule has 0 fully saturated rings. The van der Waals surface area contributed by atoms with Gasteiger partial charge >= 0.3 is 0 Å². The number of hydrogen-bond acceptors (Lipinski definition) is 5. The van der Waals surface area contributed by atoms with Gasteiger partial charge in [-0.15, -0.1) is 0 Å². The first-order valence-corrected chi connectivity index (χ1v) is 10.2. The number of pyridine rings is 1. The molecule has 0 radical (unpaired) electrons. The van der Waals surface area contributed by atoms with Gasteiger partial charge in [-0.05, 0) is 55.3 Å². The van der Waals surface area contributed by atoms with E-state index in [9.17, 15) is 8.42 Å². The maximum Gasteiger partial charge on any atom is 0.290 e. The number of fused-ring (bicyclic) bond motifs is 1. The Morgan fingerprint density at radius 2 is 2.04 bits per heavy atom. The van der Waals surface area contributed by atoms with Crippen molar-refractivity contribution in [3.05, 3.63) is 66.0 Å². The number of benzene rings is 1. The molecule has 1 aromatic carbocycles. The Labute approximate surface area is 163 Å². The van der Waals surface area contributed by atoms with Crippen molar-refractivity contribution in [3.63, 3.8) is 0 Å². The molecule has 2 aromatic heterocycles. The molecule has 0 atom stereocenters. The number of rotatable bonds is 3. The van der Waals surface area contributed by atoms with E-state index in [1.807, 2.05) is 13.0 Å². The molecular weight excluding hydrogens is 378 g/mol. The van der Waals surface area contributed by atoms with E-state index in [-0.39, 0.29) is 6.47 Å². The van der Waals surface area contributed by atoms with Gasteiger partial charge in [-0.25, -0.2) is 12.4 Å². The fourth-order valence-electron chi connectivity index (χ4n) is 3.22. The molecule has 0 amide bonds. The van der Waals surface area contributed by atoms with Crippen LogP contribution in [0, 0.1) is 6.92 Å². The number of carboxylic acid groups (broad SMARTS) is 1. The van der Waals surface area contributed by atoms with E-state index in [4.69, 9.17) is 9.90 Å². The normalized spacial score (nSPS) is 14.1. The van der Waals surface area contributed by atoms with Crippen molar-refractivity contribution >= 4 is 33.1 Å². The Kier molecular flexibility index (Phi) is 5.91. The standard InChI is InChI=1S/C19H19N3O2S.CH2O2/c1-14-4-2-5-16(12-14)25(23,24)22-13-17(15-7-10-20-11-8-15)19-18(22)6-3-9-21-19;2-1-3/h2-7,9,12-13,20H,8,10-11H2,1H3;1H,(H,2,3). The van der Waals surface area contributed by atoms with Crippen LogP contribution in [-0.2, 0) is 14.8 Å². The number of nitrogens with zero attached hydrogens (tertiary/aromatic N) is 2.